The number of aryl methyl sites for hydroxylation is 1. The van der Waals surface area contributed by atoms with E-state index in [9.17, 15) is 10.1 Å². The third-order valence-electron chi connectivity index (χ3n) is 4.15. The van der Waals surface area contributed by atoms with Crippen LogP contribution in [-0.4, -0.2) is 24.1 Å². The van der Waals surface area contributed by atoms with Crippen molar-refractivity contribution in [2.24, 2.45) is 0 Å². The largest absolute Gasteiger partial charge is 0.378 e. The molecule has 0 heterocycles. The first-order valence-electron chi connectivity index (χ1n) is 7.90. The Labute approximate surface area is 126 Å². The van der Waals surface area contributed by atoms with Crippen molar-refractivity contribution in [3.05, 3.63) is 33.9 Å². The van der Waals surface area contributed by atoms with E-state index < -0.39 is 0 Å². The van der Waals surface area contributed by atoms with Gasteiger partial charge in [0.25, 0.3) is 5.69 Å². The fourth-order valence-electron chi connectivity index (χ4n) is 3.00. The van der Waals surface area contributed by atoms with E-state index in [1.165, 1.54) is 38.5 Å². The van der Waals surface area contributed by atoms with Gasteiger partial charge in [0.2, 0.25) is 0 Å². The average molecular weight is 291 g/mol. The number of hydrogen-bond donors (Lipinski definition) is 2. The molecule has 0 aliphatic heterocycles. The summed E-state index contributed by atoms with van der Waals surface area (Å²) in [5, 5.41) is 17.9. The summed E-state index contributed by atoms with van der Waals surface area (Å²) in [5.41, 5.74) is 1.50. The number of nitro benzene ring substituents is 1. The van der Waals surface area contributed by atoms with Gasteiger partial charge in [-0.1, -0.05) is 37.8 Å². The Hall–Kier alpha value is -1.62. The van der Waals surface area contributed by atoms with Gasteiger partial charge >= 0.3 is 0 Å². The number of anilines is 1. The maximum atomic E-state index is 11.1. The molecule has 0 spiro atoms. The molecule has 1 aliphatic rings. The van der Waals surface area contributed by atoms with Crippen LogP contribution in [-0.2, 0) is 0 Å². The molecular weight excluding hydrogens is 266 g/mol. The van der Waals surface area contributed by atoms with E-state index >= 15 is 0 Å². The van der Waals surface area contributed by atoms with Crippen molar-refractivity contribution in [1.29, 1.82) is 0 Å². The third kappa shape index (κ3) is 4.70. The lowest BCUT2D eigenvalue weighted by Gasteiger charge is -2.16. The lowest BCUT2D eigenvalue weighted by molar-refractivity contribution is -0.384. The van der Waals surface area contributed by atoms with Gasteiger partial charge in [0.15, 0.2) is 0 Å². The Kier molecular flexibility index (Phi) is 5.99. The summed E-state index contributed by atoms with van der Waals surface area (Å²) in [6.45, 7) is 3.32. The van der Waals surface area contributed by atoms with Crippen molar-refractivity contribution in [3.63, 3.8) is 0 Å². The van der Waals surface area contributed by atoms with Crippen molar-refractivity contribution in [2.45, 2.75) is 51.5 Å². The zero-order chi connectivity index (χ0) is 15.1. The number of para-hydroxylation sites is 1. The molecule has 0 amide bonds. The van der Waals surface area contributed by atoms with Gasteiger partial charge in [-0.15, -0.1) is 0 Å². The first-order valence-corrected chi connectivity index (χ1v) is 7.90. The molecule has 0 radical (unpaired) electrons. The van der Waals surface area contributed by atoms with E-state index in [2.05, 4.69) is 10.6 Å². The first kappa shape index (κ1) is 15.8. The van der Waals surface area contributed by atoms with E-state index in [1.54, 1.807) is 19.1 Å². The zero-order valence-electron chi connectivity index (χ0n) is 12.7. The molecule has 0 bridgehead atoms. The monoisotopic (exact) mass is 291 g/mol. The zero-order valence-corrected chi connectivity index (χ0v) is 12.7. The molecule has 2 rings (SSSR count). The normalized spacial score (nSPS) is 16.4. The van der Waals surface area contributed by atoms with Crippen LogP contribution in [0.3, 0.4) is 0 Å². The highest BCUT2D eigenvalue weighted by atomic mass is 16.6. The predicted octanol–water partition coefficient (Wildman–Crippen LogP) is 3.63. The highest BCUT2D eigenvalue weighted by Crippen LogP contribution is 2.27. The summed E-state index contributed by atoms with van der Waals surface area (Å²) >= 11 is 0. The van der Waals surface area contributed by atoms with E-state index in [4.69, 9.17) is 0 Å². The number of nitrogens with zero attached hydrogens (tertiary/aromatic N) is 1. The van der Waals surface area contributed by atoms with Crippen molar-refractivity contribution in [1.82, 2.24) is 5.32 Å². The van der Waals surface area contributed by atoms with Crippen LogP contribution >= 0.6 is 0 Å². The van der Waals surface area contributed by atoms with Crippen LogP contribution < -0.4 is 10.6 Å². The minimum Gasteiger partial charge on any atom is -0.378 e. The van der Waals surface area contributed by atoms with E-state index in [1.807, 2.05) is 6.07 Å². The van der Waals surface area contributed by atoms with Crippen LogP contribution in [0, 0.1) is 17.0 Å². The maximum absolute atomic E-state index is 11.1. The molecular formula is C16H25N3O2. The predicted molar refractivity (Wildman–Crippen MR) is 85.8 cm³/mol. The van der Waals surface area contributed by atoms with Gasteiger partial charge < -0.3 is 10.6 Å². The topological polar surface area (TPSA) is 67.2 Å². The van der Waals surface area contributed by atoms with Crippen LogP contribution in [0.5, 0.6) is 0 Å². The Balaban J connectivity index is 1.80. The van der Waals surface area contributed by atoms with Crippen molar-refractivity contribution in [2.75, 3.05) is 18.4 Å². The van der Waals surface area contributed by atoms with Gasteiger partial charge in [-0.3, -0.25) is 10.1 Å². The Morgan fingerprint density at radius 1 is 1.19 bits per heavy atom. The molecule has 0 unspecified atom stereocenters. The lowest BCUT2D eigenvalue weighted by atomic mass is 10.1. The average Bonchev–Trinajstić information content (AvgIpc) is 2.72. The van der Waals surface area contributed by atoms with E-state index in [-0.39, 0.29) is 10.6 Å². The van der Waals surface area contributed by atoms with Crippen LogP contribution in [0.1, 0.15) is 44.1 Å². The van der Waals surface area contributed by atoms with Crippen LogP contribution in [0.4, 0.5) is 11.4 Å². The van der Waals surface area contributed by atoms with E-state index in [0.29, 0.717) is 23.8 Å². The quantitative estimate of drug-likeness (QED) is 0.363. The minimum absolute atomic E-state index is 0.187. The van der Waals surface area contributed by atoms with Crippen molar-refractivity contribution in [3.8, 4) is 0 Å². The van der Waals surface area contributed by atoms with Crippen molar-refractivity contribution < 1.29 is 4.92 Å². The first-order chi connectivity index (χ1) is 10.2. The second-order valence-corrected chi connectivity index (χ2v) is 5.80. The fraction of sp³-hybridized carbons (Fsp3) is 0.625. The second kappa shape index (κ2) is 7.98. The summed E-state index contributed by atoms with van der Waals surface area (Å²) in [6.07, 6.45) is 7.84. The number of rotatable bonds is 6. The SMILES string of the molecule is Cc1cccc(NCCNC2CCCCCC2)c1[N+](=O)[O-]. The molecule has 5 nitrogen and oxygen atoms in total. The molecule has 0 aromatic heterocycles. The Morgan fingerprint density at radius 2 is 1.90 bits per heavy atom. The number of hydrogen-bond acceptors (Lipinski definition) is 4. The molecule has 1 fully saturated rings. The summed E-state index contributed by atoms with van der Waals surface area (Å²) in [6, 6.07) is 6.01. The summed E-state index contributed by atoms with van der Waals surface area (Å²) < 4.78 is 0. The molecule has 21 heavy (non-hydrogen) atoms. The molecule has 1 aromatic rings. The Bertz CT molecular complexity index is 469. The van der Waals surface area contributed by atoms with Gasteiger partial charge in [0.1, 0.15) is 5.69 Å². The molecule has 2 N–H and O–H groups in total. The van der Waals surface area contributed by atoms with Gasteiger partial charge in [0.05, 0.1) is 4.92 Å². The van der Waals surface area contributed by atoms with Gasteiger partial charge in [-0.25, -0.2) is 0 Å². The smallest absolute Gasteiger partial charge is 0.295 e. The van der Waals surface area contributed by atoms with Crippen LogP contribution in [0.2, 0.25) is 0 Å². The molecule has 0 saturated heterocycles. The molecule has 1 aromatic carbocycles. The summed E-state index contributed by atoms with van der Waals surface area (Å²) in [5.74, 6) is 0. The Morgan fingerprint density at radius 3 is 2.57 bits per heavy atom. The van der Waals surface area contributed by atoms with E-state index in [0.717, 1.165) is 6.54 Å². The number of nitrogens with one attached hydrogen (secondary N) is 2. The molecule has 1 aliphatic carbocycles. The minimum atomic E-state index is -0.309. The standard InChI is InChI=1S/C16H25N3O2/c1-13-7-6-10-15(16(13)19(20)21)18-12-11-17-14-8-4-2-3-5-9-14/h6-7,10,14,17-18H,2-5,8-9,11-12H2,1H3. The summed E-state index contributed by atoms with van der Waals surface area (Å²) in [7, 11) is 0. The molecule has 0 atom stereocenters. The molecule has 116 valence electrons. The fourth-order valence-corrected chi connectivity index (χ4v) is 3.00. The highest BCUT2D eigenvalue weighted by Gasteiger charge is 2.16. The van der Waals surface area contributed by atoms with Gasteiger partial charge in [-0.2, -0.15) is 0 Å². The van der Waals surface area contributed by atoms with Gasteiger partial charge in [0, 0.05) is 24.7 Å². The van der Waals surface area contributed by atoms with Crippen LogP contribution in [0.15, 0.2) is 18.2 Å². The molecule has 1 saturated carbocycles. The molecule has 5 heteroatoms. The number of benzene rings is 1. The lowest BCUT2D eigenvalue weighted by Crippen LogP contribution is -2.32. The van der Waals surface area contributed by atoms with Crippen molar-refractivity contribution >= 4 is 11.4 Å². The number of nitro groups is 1. The van der Waals surface area contributed by atoms with Gasteiger partial charge in [-0.05, 0) is 25.8 Å². The third-order valence-corrected chi connectivity index (χ3v) is 4.15. The highest BCUT2D eigenvalue weighted by molar-refractivity contribution is 5.64. The maximum Gasteiger partial charge on any atom is 0.295 e. The van der Waals surface area contributed by atoms with Crippen LogP contribution in [0.25, 0.3) is 0 Å². The summed E-state index contributed by atoms with van der Waals surface area (Å²) in [4.78, 5) is 10.8. The second-order valence-electron chi connectivity index (χ2n) is 5.80.